The maximum absolute atomic E-state index is 12.9. The van der Waals surface area contributed by atoms with Crippen molar-refractivity contribution in [3.05, 3.63) is 87.6 Å². The second kappa shape index (κ2) is 8.91. The fourth-order valence-electron chi connectivity index (χ4n) is 3.02. The summed E-state index contributed by atoms with van der Waals surface area (Å²) < 4.78 is 7.83. The van der Waals surface area contributed by atoms with E-state index in [4.69, 9.17) is 16.3 Å². The van der Waals surface area contributed by atoms with Crippen LogP contribution in [0.2, 0.25) is 5.02 Å². The number of ether oxygens (including phenoxy) is 1. The lowest BCUT2D eigenvalue weighted by atomic mass is 10.2. The van der Waals surface area contributed by atoms with E-state index in [9.17, 15) is 4.79 Å². The van der Waals surface area contributed by atoms with Gasteiger partial charge in [-0.1, -0.05) is 45.7 Å². The second-order valence-electron chi connectivity index (χ2n) is 6.74. The highest BCUT2D eigenvalue weighted by molar-refractivity contribution is 9.10. The first-order valence-electron chi connectivity index (χ1n) is 9.40. The zero-order valence-electron chi connectivity index (χ0n) is 16.8. The van der Waals surface area contributed by atoms with Crippen LogP contribution in [0.25, 0.3) is 17.1 Å². The van der Waals surface area contributed by atoms with Crippen molar-refractivity contribution in [2.75, 3.05) is 12.4 Å². The van der Waals surface area contributed by atoms with Gasteiger partial charge in [0.1, 0.15) is 5.75 Å². The number of carbonyl (C=O) groups is 1. The van der Waals surface area contributed by atoms with Gasteiger partial charge < -0.3 is 10.1 Å². The monoisotopic (exact) mass is 496 g/mol. The number of benzene rings is 3. The Bertz CT molecular complexity index is 1240. The Kier molecular flexibility index (Phi) is 6.06. The highest BCUT2D eigenvalue weighted by Crippen LogP contribution is 2.26. The van der Waals surface area contributed by atoms with E-state index < -0.39 is 5.91 Å². The summed E-state index contributed by atoms with van der Waals surface area (Å²) in [6.07, 6.45) is 0. The van der Waals surface area contributed by atoms with E-state index >= 15 is 0 Å². The van der Waals surface area contributed by atoms with Gasteiger partial charge in [0.2, 0.25) is 5.82 Å². The molecule has 0 unspecified atom stereocenters. The lowest BCUT2D eigenvalue weighted by Crippen LogP contribution is -2.15. The van der Waals surface area contributed by atoms with Crippen LogP contribution in [-0.4, -0.2) is 27.8 Å². The van der Waals surface area contributed by atoms with Crippen LogP contribution in [0.15, 0.2) is 71.2 Å². The molecule has 0 aliphatic carbocycles. The molecule has 0 aliphatic heterocycles. The summed E-state index contributed by atoms with van der Waals surface area (Å²) in [4.78, 5) is 17.5. The Labute approximate surface area is 193 Å². The molecule has 4 aromatic rings. The van der Waals surface area contributed by atoms with Crippen LogP contribution in [0.5, 0.6) is 5.75 Å². The summed E-state index contributed by atoms with van der Waals surface area (Å²) in [6.45, 7) is 1.84. The molecule has 0 bridgehead atoms. The number of aromatic nitrogens is 3. The van der Waals surface area contributed by atoms with Crippen LogP contribution >= 0.6 is 27.5 Å². The molecule has 0 aliphatic rings. The number of methoxy groups -OCH3 is 1. The average molecular weight is 498 g/mol. The van der Waals surface area contributed by atoms with Gasteiger partial charge in [0.25, 0.3) is 5.91 Å². The molecule has 3 aromatic carbocycles. The van der Waals surface area contributed by atoms with Gasteiger partial charge in [-0.3, -0.25) is 4.79 Å². The molecule has 156 valence electrons. The Morgan fingerprint density at radius 3 is 2.45 bits per heavy atom. The Balaban J connectivity index is 1.75. The van der Waals surface area contributed by atoms with Crippen molar-refractivity contribution in [3.8, 4) is 22.8 Å². The first-order chi connectivity index (χ1) is 15.0. The average Bonchev–Trinajstić information content (AvgIpc) is 3.23. The zero-order valence-corrected chi connectivity index (χ0v) is 19.1. The number of hydrogen-bond acceptors (Lipinski definition) is 4. The van der Waals surface area contributed by atoms with E-state index in [1.807, 2.05) is 55.5 Å². The fourth-order valence-corrected chi connectivity index (χ4v) is 3.46. The zero-order chi connectivity index (χ0) is 22.0. The van der Waals surface area contributed by atoms with E-state index in [1.54, 1.807) is 30.0 Å². The van der Waals surface area contributed by atoms with Gasteiger partial charge in [0, 0.05) is 20.7 Å². The van der Waals surface area contributed by atoms with Crippen molar-refractivity contribution < 1.29 is 9.53 Å². The molecule has 0 fully saturated rings. The molecule has 1 heterocycles. The molecule has 4 rings (SSSR count). The highest BCUT2D eigenvalue weighted by atomic mass is 79.9. The van der Waals surface area contributed by atoms with Crippen LogP contribution in [0, 0.1) is 6.92 Å². The van der Waals surface area contributed by atoms with Gasteiger partial charge in [0.05, 0.1) is 12.8 Å². The molecule has 1 amide bonds. The summed E-state index contributed by atoms with van der Waals surface area (Å²) in [6, 6.07) is 20.4. The first kappa shape index (κ1) is 21.1. The van der Waals surface area contributed by atoms with Crippen LogP contribution in [-0.2, 0) is 0 Å². The van der Waals surface area contributed by atoms with Crippen molar-refractivity contribution >= 4 is 39.1 Å². The SMILES string of the molecule is COc1ccc(-n2nc(C(=O)Nc3cccc(Cl)c3C)nc2-c2ccc(Br)cc2)cc1. The van der Waals surface area contributed by atoms with Gasteiger partial charge in [-0.05, 0) is 61.0 Å². The molecule has 0 saturated carbocycles. The van der Waals surface area contributed by atoms with Gasteiger partial charge in [-0.25, -0.2) is 9.67 Å². The Hall–Kier alpha value is -3.16. The van der Waals surface area contributed by atoms with E-state index in [-0.39, 0.29) is 5.82 Å². The molecule has 8 heteroatoms. The molecule has 1 N–H and O–H groups in total. The third-order valence-electron chi connectivity index (χ3n) is 4.75. The quantitative estimate of drug-likeness (QED) is 0.372. The minimum Gasteiger partial charge on any atom is -0.497 e. The number of amides is 1. The molecular weight excluding hydrogens is 480 g/mol. The third kappa shape index (κ3) is 4.47. The standard InChI is InChI=1S/C23H18BrClN4O2/c1-14-19(25)4-3-5-20(14)26-23(30)21-27-22(15-6-8-16(24)9-7-15)29(28-21)17-10-12-18(31-2)13-11-17/h3-13H,1-2H3,(H,26,30). The van der Waals surface area contributed by atoms with Crippen LogP contribution in [0.1, 0.15) is 16.2 Å². The summed E-state index contributed by atoms with van der Waals surface area (Å²) in [7, 11) is 1.61. The van der Waals surface area contributed by atoms with Crippen LogP contribution < -0.4 is 10.1 Å². The smallest absolute Gasteiger partial charge is 0.295 e. The van der Waals surface area contributed by atoms with Crippen molar-refractivity contribution in [2.24, 2.45) is 0 Å². The number of nitrogens with zero attached hydrogens (tertiary/aromatic N) is 3. The van der Waals surface area contributed by atoms with Crippen LogP contribution in [0.4, 0.5) is 5.69 Å². The van der Waals surface area contributed by atoms with E-state index in [0.717, 1.165) is 27.0 Å². The minimum atomic E-state index is -0.420. The molecule has 0 atom stereocenters. The molecule has 6 nitrogen and oxygen atoms in total. The maximum atomic E-state index is 12.9. The lowest BCUT2D eigenvalue weighted by molar-refractivity contribution is 0.101. The number of carbonyl (C=O) groups excluding carboxylic acids is 1. The van der Waals surface area contributed by atoms with Crippen molar-refractivity contribution in [1.29, 1.82) is 0 Å². The lowest BCUT2D eigenvalue weighted by Gasteiger charge is -2.07. The van der Waals surface area contributed by atoms with Crippen LogP contribution in [0.3, 0.4) is 0 Å². The predicted octanol–water partition coefficient (Wildman–Crippen LogP) is 5.92. The number of hydrogen-bond donors (Lipinski definition) is 1. The topological polar surface area (TPSA) is 69.0 Å². The highest BCUT2D eigenvalue weighted by Gasteiger charge is 2.20. The molecule has 1 aromatic heterocycles. The van der Waals surface area contributed by atoms with E-state index in [0.29, 0.717) is 16.5 Å². The maximum Gasteiger partial charge on any atom is 0.295 e. The van der Waals surface area contributed by atoms with E-state index in [1.165, 1.54) is 0 Å². The molecule has 0 saturated heterocycles. The number of halogens is 2. The van der Waals surface area contributed by atoms with Gasteiger partial charge in [-0.2, -0.15) is 0 Å². The van der Waals surface area contributed by atoms with Gasteiger partial charge in [-0.15, -0.1) is 5.10 Å². The summed E-state index contributed by atoms with van der Waals surface area (Å²) in [5.41, 5.74) is 2.97. The second-order valence-corrected chi connectivity index (χ2v) is 8.07. The largest absolute Gasteiger partial charge is 0.497 e. The summed E-state index contributed by atoms with van der Waals surface area (Å²) >= 11 is 9.61. The molecule has 31 heavy (non-hydrogen) atoms. The predicted molar refractivity (Wildman–Crippen MR) is 125 cm³/mol. The minimum absolute atomic E-state index is 0.0492. The van der Waals surface area contributed by atoms with Gasteiger partial charge in [0.15, 0.2) is 5.82 Å². The van der Waals surface area contributed by atoms with E-state index in [2.05, 4.69) is 31.3 Å². The third-order valence-corrected chi connectivity index (χ3v) is 5.68. The summed E-state index contributed by atoms with van der Waals surface area (Å²) in [5.74, 6) is 0.901. The van der Waals surface area contributed by atoms with Crippen molar-refractivity contribution in [1.82, 2.24) is 14.8 Å². The molecule has 0 spiro atoms. The molecular formula is C23H18BrClN4O2. The number of nitrogens with one attached hydrogen (secondary N) is 1. The summed E-state index contributed by atoms with van der Waals surface area (Å²) in [5, 5.41) is 7.91. The normalized spacial score (nSPS) is 10.7. The van der Waals surface area contributed by atoms with Crippen molar-refractivity contribution in [3.63, 3.8) is 0 Å². The first-order valence-corrected chi connectivity index (χ1v) is 10.6. The van der Waals surface area contributed by atoms with Crippen molar-refractivity contribution in [2.45, 2.75) is 6.92 Å². The Morgan fingerprint density at radius 1 is 1.06 bits per heavy atom. The van der Waals surface area contributed by atoms with Gasteiger partial charge >= 0.3 is 0 Å². The number of anilines is 1. The molecule has 0 radical (unpaired) electrons. The number of rotatable bonds is 5. The Morgan fingerprint density at radius 2 is 1.77 bits per heavy atom. The fraction of sp³-hybridized carbons (Fsp3) is 0.0870.